The zero-order valence-corrected chi connectivity index (χ0v) is 14.0. The quantitative estimate of drug-likeness (QED) is 0.803. The average molecular weight is 311 g/mol. The monoisotopic (exact) mass is 311 g/mol. The van der Waals surface area contributed by atoms with Gasteiger partial charge in [-0.25, -0.2) is 0 Å². The third-order valence-corrected chi connectivity index (χ3v) is 6.35. The fourth-order valence-corrected chi connectivity index (χ4v) is 4.41. The Morgan fingerprint density at radius 3 is 2.48 bits per heavy atom. The molecular weight excluding hydrogens is 288 g/mol. The summed E-state index contributed by atoms with van der Waals surface area (Å²) in [6.45, 7) is 6.30. The summed E-state index contributed by atoms with van der Waals surface area (Å²) in [6, 6.07) is 9.49. The summed E-state index contributed by atoms with van der Waals surface area (Å²) in [4.78, 5) is 24.4. The molecule has 0 heterocycles. The smallest absolute Gasteiger partial charge is 0.165 e. The summed E-state index contributed by atoms with van der Waals surface area (Å²) in [5.41, 5.74) is 1.21. The Labute approximate surface area is 137 Å². The first-order chi connectivity index (χ1) is 10.8. The minimum Gasteiger partial charge on any atom is -0.550 e. The number of benzene rings is 1. The third-order valence-electron chi connectivity index (χ3n) is 6.35. The maximum atomic E-state index is 12.8. The molecule has 0 saturated heterocycles. The van der Waals surface area contributed by atoms with Crippen LogP contribution in [0.2, 0.25) is 0 Å². The number of aliphatic carboxylic acids is 1. The average Bonchev–Trinajstić information content (AvgIpc) is 2.81. The van der Waals surface area contributed by atoms with Crippen molar-refractivity contribution in [3.63, 3.8) is 0 Å². The second kappa shape index (κ2) is 5.33. The molecule has 0 unspecified atom stereocenters. The number of ketones is 1. The lowest BCUT2D eigenvalue weighted by atomic mass is 9.70. The SMILES string of the molecule is CC1(C)[C@H]2CC[C@@]1(C)C(=O)/C2=C/[C@@H](Cc1ccccc1)C(=O)[O-]. The molecule has 1 aromatic carbocycles. The van der Waals surface area contributed by atoms with E-state index in [0.717, 1.165) is 18.4 Å². The molecule has 2 bridgehead atoms. The molecule has 122 valence electrons. The fourth-order valence-electron chi connectivity index (χ4n) is 4.41. The van der Waals surface area contributed by atoms with Crippen molar-refractivity contribution in [1.82, 2.24) is 0 Å². The zero-order chi connectivity index (χ0) is 16.8. The Kier molecular flexibility index (Phi) is 3.70. The number of allylic oxidation sites excluding steroid dienone is 1. The molecule has 2 saturated carbocycles. The van der Waals surface area contributed by atoms with Crippen molar-refractivity contribution in [3.05, 3.63) is 47.5 Å². The van der Waals surface area contributed by atoms with E-state index in [4.69, 9.17) is 0 Å². The van der Waals surface area contributed by atoms with Crippen molar-refractivity contribution >= 4 is 11.8 Å². The van der Waals surface area contributed by atoms with Crippen molar-refractivity contribution in [2.75, 3.05) is 0 Å². The molecule has 0 amide bonds. The van der Waals surface area contributed by atoms with Gasteiger partial charge in [0.15, 0.2) is 5.78 Å². The third kappa shape index (κ3) is 2.34. The molecule has 2 fully saturated rings. The zero-order valence-electron chi connectivity index (χ0n) is 14.0. The van der Waals surface area contributed by atoms with Crippen LogP contribution in [-0.4, -0.2) is 11.8 Å². The fraction of sp³-hybridized carbons (Fsp3) is 0.500. The highest BCUT2D eigenvalue weighted by Crippen LogP contribution is 2.65. The van der Waals surface area contributed by atoms with Crippen LogP contribution in [0.3, 0.4) is 0 Å². The van der Waals surface area contributed by atoms with Gasteiger partial charge in [0.2, 0.25) is 0 Å². The lowest BCUT2D eigenvalue weighted by Crippen LogP contribution is -2.33. The highest BCUT2D eigenvalue weighted by Gasteiger charge is 2.63. The maximum Gasteiger partial charge on any atom is 0.165 e. The van der Waals surface area contributed by atoms with E-state index < -0.39 is 11.9 Å². The summed E-state index contributed by atoms with van der Waals surface area (Å²) in [5.74, 6) is -1.56. The normalized spacial score (nSPS) is 31.5. The topological polar surface area (TPSA) is 57.2 Å². The van der Waals surface area contributed by atoms with Crippen LogP contribution in [0.1, 0.15) is 39.2 Å². The van der Waals surface area contributed by atoms with Crippen molar-refractivity contribution in [3.8, 4) is 0 Å². The van der Waals surface area contributed by atoms with Crippen molar-refractivity contribution in [2.45, 2.75) is 40.0 Å². The Hall–Kier alpha value is -1.90. The number of hydrogen-bond acceptors (Lipinski definition) is 3. The van der Waals surface area contributed by atoms with E-state index in [1.54, 1.807) is 6.08 Å². The maximum absolute atomic E-state index is 12.8. The predicted molar refractivity (Wildman–Crippen MR) is 86.3 cm³/mol. The molecule has 23 heavy (non-hydrogen) atoms. The van der Waals surface area contributed by atoms with E-state index in [1.165, 1.54) is 0 Å². The van der Waals surface area contributed by atoms with E-state index in [-0.39, 0.29) is 22.5 Å². The van der Waals surface area contributed by atoms with E-state index in [9.17, 15) is 14.7 Å². The first-order valence-electron chi connectivity index (χ1n) is 8.28. The van der Waals surface area contributed by atoms with Gasteiger partial charge in [-0.1, -0.05) is 57.2 Å². The van der Waals surface area contributed by atoms with Gasteiger partial charge >= 0.3 is 0 Å². The minimum absolute atomic E-state index is 0.0981. The van der Waals surface area contributed by atoms with Gasteiger partial charge in [-0.2, -0.15) is 0 Å². The summed E-state index contributed by atoms with van der Waals surface area (Å²) in [5, 5.41) is 11.6. The molecule has 3 atom stereocenters. The molecule has 3 rings (SSSR count). The number of carboxylic acids is 1. The van der Waals surface area contributed by atoms with Crippen LogP contribution in [0.4, 0.5) is 0 Å². The summed E-state index contributed by atoms with van der Waals surface area (Å²) < 4.78 is 0. The summed E-state index contributed by atoms with van der Waals surface area (Å²) in [6.07, 6.45) is 3.91. The number of fused-ring (bicyclic) bond motifs is 2. The Bertz CT molecular complexity index is 671. The molecular formula is C20H23O3-. The molecule has 0 N–H and O–H groups in total. The van der Waals surface area contributed by atoms with Gasteiger partial charge in [0.1, 0.15) is 0 Å². The number of rotatable bonds is 4. The molecule has 0 radical (unpaired) electrons. The first-order valence-corrected chi connectivity index (χ1v) is 8.28. The van der Waals surface area contributed by atoms with Crippen molar-refractivity contribution < 1.29 is 14.7 Å². The van der Waals surface area contributed by atoms with Gasteiger partial charge in [0.25, 0.3) is 0 Å². The largest absolute Gasteiger partial charge is 0.550 e. The lowest BCUT2D eigenvalue weighted by Gasteiger charge is -2.31. The summed E-state index contributed by atoms with van der Waals surface area (Å²) in [7, 11) is 0. The van der Waals surface area contributed by atoms with Crippen LogP contribution in [0, 0.1) is 22.7 Å². The Balaban J connectivity index is 1.93. The van der Waals surface area contributed by atoms with Crippen LogP contribution >= 0.6 is 0 Å². The van der Waals surface area contributed by atoms with E-state index in [0.29, 0.717) is 12.0 Å². The van der Waals surface area contributed by atoms with Crippen LogP contribution in [0.5, 0.6) is 0 Å². The highest BCUT2D eigenvalue weighted by atomic mass is 16.4. The first kappa shape index (κ1) is 16.0. The highest BCUT2D eigenvalue weighted by molar-refractivity contribution is 6.05. The number of carboxylic acid groups (broad SMARTS) is 1. The molecule has 2 aliphatic rings. The van der Waals surface area contributed by atoms with E-state index in [2.05, 4.69) is 13.8 Å². The predicted octanol–water partition coefficient (Wildman–Crippen LogP) is 2.55. The van der Waals surface area contributed by atoms with Crippen LogP contribution in [0.25, 0.3) is 0 Å². The standard InChI is InChI=1S/C20H24O3/c1-19(2)16-9-10-20(19,3)17(21)15(16)12-14(18(22)23)11-13-7-5-4-6-8-13/h4-8,12,14,16H,9-11H2,1-3H3,(H,22,23)/p-1/b15-12+/t14-,16+,20+/m1/s1. The van der Waals surface area contributed by atoms with Crippen molar-refractivity contribution in [2.24, 2.45) is 22.7 Å². The molecule has 3 heteroatoms. The molecule has 2 aliphatic carbocycles. The summed E-state index contributed by atoms with van der Waals surface area (Å²) >= 11 is 0. The van der Waals surface area contributed by atoms with E-state index >= 15 is 0 Å². The van der Waals surface area contributed by atoms with Gasteiger partial charge in [-0.05, 0) is 41.7 Å². The van der Waals surface area contributed by atoms with Gasteiger partial charge in [0, 0.05) is 17.3 Å². The second-order valence-electron chi connectivity index (χ2n) is 7.71. The molecule has 3 nitrogen and oxygen atoms in total. The van der Waals surface area contributed by atoms with Crippen LogP contribution < -0.4 is 5.11 Å². The molecule has 1 aromatic rings. The lowest BCUT2D eigenvalue weighted by molar-refractivity contribution is -0.309. The van der Waals surface area contributed by atoms with Crippen LogP contribution in [-0.2, 0) is 16.0 Å². The van der Waals surface area contributed by atoms with Crippen molar-refractivity contribution in [1.29, 1.82) is 0 Å². The Morgan fingerprint density at radius 1 is 1.30 bits per heavy atom. The van der Waals surface area contributed by atoms with Gasteiger partial charge in [-0.15, -0.1) is 0 Å². The Morgan fingerprint density at radius 2 is 1.96 bits per heavy atom. The van der Waals surface area contributed by atoms with E-state index in [1.807, 2.05) is 37.3 Å². The van der Waals surface area contributed by atoms with Crippen LogP contribution in [0.15, 0.2) is 42.0 Å². The minimum atomic E-state index is -1.11. The number of Topliss-reactive ketones (excluding diaryl/α,β-unsaturated/α-hetero) is 1. The molecule has 0 aromatic heterocycles. The van der Waals surface area contributed by atoms with Gasteiger partial charge in [-0.3, -0.25) is 4.79 Å². The van der Waals surface area contributed by atoms with Gasteiger partial charge < -0.3 is 9.90 Å². The molecule has 0 spiro atoms. The van der Waals surface area contributed by atoms with Gasteiger partial charge in [0.05, 0.1) is 0 Å². The number of hydrogen-bond donors (Lipinski definition) is 0. The number of carbonyl (C=O) groups is 2. The molecule has 0 aliphatic heterocycles. The number of carbonyl (C=O) groups excluding carboxylic acids is 2. The second-order valence-corrected chi connectivity index (χ2v) is 7.71.